The predicted molar refractivity (Wildman–Crippen MR) is 92.7 cm³/mol. The average Bonchev–Trinajstić information content (AvgIpc) is 2.99. The number of Topliss-reactive ketones (excluding diaryl/α,β-unsaturated/α-hetero) is 1. The summed E-state index contributed by atoms with van der Waals surface area (Å²) >= 11 is 0. The molecule has 0 radical (unpaired) electrons. The third-order valence-corrected chi connectivity index (χ3v) is 4.11. The smallest absolute Gasteiger partial charge is 0.227 e. The Bertz CT molecular complexity index is 847. The summed E-state index contributed by atoms with van der Waals surface area (Å²) in [5.74, 6) is -0.463. The van der Waals surface area contributed by atoms with Crippen molar-refractivity contribution in [3.63, 3.8) is 0 Å². The molecule has 0 unspecified atom stereocenters. The van der Waals surface area contributed by atoms with Crippen LogP contribution in [0.4, 0.5) is 0 Å². The Labute approximate surface area is 135 Å². The standard InChI is InChI=1S/C20H19NO2/c1-2-3-12-21-13-18(19(23)14-22)17-11-7-10-16(20(17)21)15-8-5-4-6-9-15/h4-11,13-14H,2-3,12H2,1H3. The van der Waals surface area contributed by atoms with Crippen LogP contribution in [-0.4, -0.2) is 16.6 Å². The monoisotopic (exact) mass is 305 g/mol. The highest BCUT2D eigenvalue weighted by Crippen LogP contribution is 2.32. The quantitative estimate of drug-likeness (QED) is 0.382. The van der Waals surface area contributed by atoms with Gasteiger partial charge in [-0.25, -0.2) is 0 Å². The molecule has 0 N–H and O–H groups in total. The van der Waals surface area contributed by atoms with Crippen LogP contribution in [0.15, 0.2) is 54.7 Å². The second kappa shape index (κ2) is 6.61. The Kier molecular flexibility index (Phi) is 4.38. The molecular weight excluding hydrogens is 286 g/mol. The van der Waals surface area contributed by atoms with Crippen molar-refractivity contribution in [2.75, 3.05) is 0 Å². The number of benzene rings is 2. The molecule has 0 aliphatic rings. The average molecular weight is 305 g/mol. The van der Waals surface area contributed by atoms with E-state index in [1.54, 1.807) is 0 Å². The van der Waals surface area contributed by atoms with Gasteiger partial charge < -0.3 is 4.57 Å². The number of rotatable bonds is 6. The molecule has 3 nitrogen and oxygen atoms in total. The van der Waals surface area contributed by atoms with Crippen LogP contribution in [0.2, 0.25) is 0 Å². The number of nitrogens with zero attached hydrogens (tertiary/aromatic N) is 1. The first-order chi connectivity index (χ1) is 11.3. The highest BCUT2D eigenvalue weighted by Gasteiger charge is 2.17. The van der Waals surface area contributed by atoms with E-state index in [1.165, 1.54) is 0 Å². The van der Waals surface area contributed by atoms with Crippen LogP contribution in [0.25, 0.3) is 22.0 Å². The molecule has 23 heavy (non-hydrogen) atoms. The summed E-state index contributed by atoms with van der Waals surface area (Å²) in [6, 6.07) is 16.0. The van der Waals surface area contributed by atoms with E-state index in [4.69, 9.17) is 0 Å². The molecule has 0 bridgehead atoms. The lowest BCUT2D eigenvalue weighted by atomic mass is 10.0. The Morgan fingerprint density at radius 3 is 2.57 bits per heavy atom. The number of fused-ring (bicyclic) bond motifs is 1. The van der Waals surface area contributed by atoms with Crippen LogP contribution < -0.4 is 0 Å². The van der Waals surface area contributed by atoms with E-state index in [9.17, 15) is 9.59 Å². The first-order valence-corrected chi connectivity index (χ1v) is 7.93. The number of hydrogen-bond donors (Lipinski definition) is 0. The van der Waals surface area contributed by atoms with Gasteiger partial charge in [0, 0.05) is 23.7 Å². The summed E-state index contributed by atoms with van der Waals surface area (Å²) in [4.78, 5) is 22.9. The van der Waals surface area contributed by atoms with Crippen molar-refractivity contribution in [2.45, 2.75) is 26.3 Å². The molecule has 0 amide bonds. The van der Waals surface area contributed by atoms with E-state index in [1.807, 2.05) is 36.5 Å². The fourth-order valence-corrected chi connectivity index (χ4v) is 2.98. The Morgan fingerprint density at radius 2 is 1.87 bits per heavy atom. The third kappa shape index (κ3) is 2.82. The highest BCUT2D eigenvalue weighted by molar-refractivity contribution is 6.36. The summed E-state index contributed by atoms with van der Waals surface area (Å²) in [6.07, 6.45) is 4.32. The lowest BCUT2D eigenvalue weighted by molar-refractivity contribution is -0.104. The SMILES string of the molecule is CCCCn1cc(C(=O)C=O)c2cccc(-c3ccccc3)c21. The molecule has 1 heterocycles. The minimum Gasteiger partial charge on any atom is -0.346 e. The van der Waals surface area contributed by atoms with Crippen molar-refractivity contribution in [1.82, 2.24) is 4.57 Å². The maximum atomic E-state index is 12.0. The van der Waals surface area contributed by atoms with Gasteiger partial charge >= 0.3 is 0 Å². The molecule has 0 aliphatic heterocycles. The second-order valence-electron chi connectivity index (χ2n) is 5.64. The van der Waals surface area contributed by atoms with Crippen LogP contribution >= 0.6 is 0 Å². The molecule has 0 spiro atoms. The van der Waals surface area contributed by atoms with Crippen molar-refractivity contribution >= 4 is 23.0 Å². The van der Waals surface area contributed by atoms with Gasteiger partial charge in [-0.1, -0.05) is 61.9 Å². The number of hydrogen-bond acceptors (Lipinski definition) is 2. The van der Waals surface area contributed by atoms with Crippen molar-refractivity contribution in [2.24, 2.45) is 0 Å². The van der Waals surface area contributed by atoms with Gasteiger partial charge in [0.15, 0.2) is 6.29 Å². The molecular formula is C20H19NO2. The first kappa shape index (κ1) is 15.2. The third-order valence-electron chi connectivity index (χ3n) is 4.11. The summed E-state index contributed by atoms with van der Waals surface area (Å²) in [5.41, 5.74) is 3.71. The number of carbonyl (C=O) groups excluding carboxylic acids is 2. The zero-order chi connectivity index (χ0) is 16.2. The van der Waals surface area contributed by atoms with Crippen molar-refractivity contribution in [3.8, 4) is 11.1 Å². The van der Waals surface area contributed by atoms with E-state index in [0.717, 1.165) is 41.4 Å². The lowest BCUT2D eigenvalue weighted by Gasteiger charge is -2.09. The predicted octanol–water partition coefficient (Wildman–Crippen LogP) is 4.49. The van der Waals surface area contributed by atoms with Crippen LogP contribution in [0, 0.1) is 0 Å². The van der Waals surface area contributed by atoms with Gasteiger partial charge in [0.2, 0.25) is 5.78 Å². The maximum absolute atomic E-state index is 12.0. The normalized spacial score (nSPS) is 10.8. The fourth-order valence-electron chi connectivity index (χ4n) is 2.98. The Morgan fingerprint density at radius 1 is 1.09 bits per heavy atom. The zero-order valence-electron chi connectivity index (χ0n) is 13.2. The second-order valence-corrected chi connectivity index (χ2v) is 5.64. The van der Waals surface area contributed by atoms with Crippen LogP contribution in [-0.2, 0) is 11.3 Å². The number of para-hydroxylation sites is 1. The lowest BCUT2D eigenvalue weighted by Crippen LogP contribution is -1.99. The summed E-state index contributed by atoms with van der Waals surface area (Å²) in [7, 11) is 0. The molecule has 3 heteroatoms. The molecule has 3 aromatic rings. The van der Waals surface area contributed by atoms with Crippen molar-refractivity contribution in [3.05, 3.63) is 60.3 Å². The first-order valence-electron chi connectivity index (χ1n) is 7.93. The molecule has 2 aromatic carbocycles. The van der Waals surface area contributed by atoms with E-state index < -0.39 is 5.78 Å². The fraction of sp³-hybridized carbons (Fsp3) is 0.200. The van der Waals surface area contributed by atoms with Gasteiger partial charge in [-0.15, -0.1) is 0 Å². The Hall–Kier alpha value is -2.68. The number of aromatic nitrogens is 1. The van der Waals surface area contributed by atoms with E-state index in [0.29, 0.717) is 11.8 Å². The molecule has 0 saturated carbocycles. The van der Waals surface area contributed by atoms with E-state index in [2.05, 4.69) is 29.7 Å². The largest absolute Gasteiger partial charge is 0.346 e. The number of aldehydes is 1. The van der Waals surface area contributed by atoms with Gasteiger partial charge in [-0.3, -0.25) is 9.59 Å². The number of ketones is 1. The van der Waals surface area contributed by atoms with Crippen molar-refractivity contribution < 1.29 is 9.59 Å². The van der Waals surface area contributed by atoms with Gasteiger partial charge in [-0.05, 0) is 12.0 Å². The van der Waals surface area contributed by atoms with Gasteiger partial charge in [0.05, 0.1) is 11.1 Å². The van der Waals surface area contributed by atoms with E-state index in [-0.39, 0.29) is 0 Å². The Balaban J connectivity index is 2.27. The topological polar surface area (TPSA) is 39.1 Å². The van der Waals surface area contributed by atoms with Gasteiger partial charge in [0.1, 0.15) is 0 Å². The maximum Gasteiger partial charge on any atom is 0.227 e. The molecule has 116 valence electrons. The minimum atomic E-state index is -0.463. The summed E-state index contributed by atoms with van der Waals surface area (Å²) in [6.45, 7) is 2.98. The molecule has 1 aromatic heterocycles. The minimum absolute atomic E-state index is 0.397. The molecule has 0 fully saturated rings. The highest BCUT2D eigenvalue weighted by atomic mass is 16.2. The number of unbranched alkanes of at least 4 members (excludes halogenated alkanes) is 1. The zero-order valence-corrected chi connectivity index (χ0v) is 13.2. The molecule has 3 rings (SSSR count). The van der Waals surface area contributed by atoms with Gasteiger partial charge in [0.25, 0.3) is 0 Å². The van der Waals surface area contributed by atoms with Gasteiger partial charge in [-0.2, -0.15) is 0 Å². The molecule has 0 saturated heterocycles. The van der Waals surface area contributed by atoms with Crippen LogP contribution in [0.5, 0.6) is 0 Å². The van der Waals surface area contributed by atoms with Crippen LogP contribution in [0.1, 0.15) is 30.1 Å². The number of aryl methyl sites for hydroxylation is 1. The summed E-state index contributed by atoms with van der Waals surface area (Å²) < 4.78 is 2.11. The molecule has 0 aliphatic carbocycles. The van der Waals surface area contributed by atoms with Crippen molar-refractivity contribution in [1.29, 1.82) is 0 Å². The van der Waals surface area contributed by atoms with Crippen LogP contribution in [0.3, 0.4) is 0 Å². The number of carbonyl (C=O) groups is 2. The van der Waals surface area contributed by atoms with E-state index >= 15 is 0 Å². The summed E-state index contributed by atoms with van der Waals surface area (Å²) in [5, 5.41) is 0.847. The molecule has 0 atom stereocenters.